The van der Waals surface area contributed by atoms with Crippen LogP contribution in [0.2, 0.25) is 0 Å². The number of ether oxygens (including phenoxy) is 1. The molecule has 0 saturated heterocycles. The van der Waals surface area contributed by atoms with Gasteiger partial charge < -0.3 is 10.1 Å². The van der Waals surface area contributed by atoms with Crippen LogP contribution in [0.15, 0.2) is 29.8 Å². The summed E-state index contributed by atoms with van der Waals surface area (Å²) >= 11 is 5.60. The van der Waals surface area contributed by atoms with Crippen molar-refractivity contribution in [3.63, 3.8) is 0 Å². The van der Waals surface area contributed by atoms with E-state index in [4.69, 9.17) is 16.3 Å². The van der Waals surface area contributed by atoms with Gasteiger partial charge in [-0.2, -0.15) is 0 Å². The van der Waals surface area contributed by atoms with Crippen LogP contribution < -0.4 is 10.1 Å². The number of nitrogens with one attached hydrogen (secondary N) is 1. The standard InChI is InChI=1S/C14H19ClFNO/c1-10(15)9-18-13-6-11(5-12(16)7-13)8-17-14(2,3)4/h5-7,17H,1,8-9H2,2-4H3. The molecule has 1 N–H and O–H groups in total. The average molecular weight is 272 g/mol. The molecule has 2 nitrogen and oxygen atoms in total. The van der Waals surface area contributed by atoms with Gasteiger partial charge in [0.05, 0.1) is 0 Å². The first-order chi connectivity index (χ1) is 8.26. The van der Waals surface area contributed by atoms with E-state index in [2.05, 4.69) is 32.7 Å². The van der Waals surface area contributed by atoms with E-state index in [1.54, 1.807) is 6.07 Å². The second kappa shape index (κ2) is 6.21. The van der Waals surface area contributed by atoms with Crippen molar-refractivity contribution in [3.05, 3.63) is 41.2 Å². The zero-order chi connectivity index (χ0) is 13.8. The quantitative estimate of drug-likeness (QED) is 0.878. The third kappa shape index (κ3) is 6.03. The van der Waals surface area contributed by atoms with E-state index >= 15 is 0 Å². The van der Waals surface area contributed by atoms with Crippen molar-refractivity contribution in [1.82, 2.24) is 5.32 Å². The Labute approximate surface area is 113 Å². The molecule has 0 fully saturated rings. The molecule has 1 aromatic rings. The Kier molecular flexibility index (Phi) is 5.17. The highest BCUT2D eigenvalue weighted by atomic mass is 35.5. The molecule has 0 heterocycles. The van der Waals surface area contributed by atoms with Crippen LogP contribution in [-0.4, -0.2) is 12.1 Å². The van der Waals surface area contributed by atoms with Crippen LogP contribution in [0.4, 0.5) is 4.39 Å². The van der Waals surface area contributed by atoms with Gasteiger partial charge in [-0.1, -0.05) is 18.2 Å². The maximum absolute atomic E-state index is 13.4. The van der Waals surface area contributed by atoms with Crippen LogP contribution in [0.1, 0.15) is 26.3 Å². The number of halogens is 2. The fourth-order valence-electron chi connectivity index (χ4n) is 1.34. The third-order valence-electron chi connectivity index (χ3n) is 2.15. The van der Waals surface area contributed by atoms with Crippen LogP contribution in [0.25, 0.3) is 0 Å². The SMILES string of the molecule is C=C(Cl)COc1cc(F)cc(CNC(C)(C)C)c1. The van der Waals surface area contributed by atoms with Gasteiger partial charge >= 0.3 is 0 Å². The fourth-order valence-corrected chi connectivity index (χ4v) is 1.39. The van der Waals surface area contributed by atoms with E-state index in [0.29, 0.717) is 17.3 Å². The third-order valence-corrected chi connectivity index (χ3v) is 2.26. The van der Waals surface area contributed by atoms with Crippen molar-refractivity contribution in [2.45, 2.75) is 32.9 Å². The average Bonchev–Trinajstić information content (AvgIpc) is 2.22. The monoisotopic (exact) mass is 271 g/mol. The molecule has 0 spiro atoms. The van der Waals surface area contributed by atoms with E-state index in [9.17, 15) is 4.39 Å². The summed E-state index contributed by atoms with van der Waals surface area (Å²) in [6.45, 7) is 10.4. The highest BCUT2D eigenvalue weighted by molar-refractivity contribution is 6.29. The molecular formula is C14H19ClFNO. The van der Waals surface area contributed by atoms with E-state index in [0.717, 1.165) is 5.56 Å². The molecule has 4 heteroatoms. The van der Waals surface area contributed by atoms with Gasteiger partial charge in [0.2, 0.25) is 0 Å². The Bertz CT molecular complexity index is 426. The molecule has 0 radical (unpaired) electrons. The fraction of sp³-hybridized carbons (Fsp3) is 0.429. The minimum absolute atomic E-state index is 0.0161. The molecule has 0 saturated carbocycles. The van der Waals surface area contributed by atoms with Crippen LogP contribution in [0.3, 0.4) is 0 Å². The van der Waals surface area contributed by atoms with E-state index in [1.807, 2.05) is 0 Å². The zero-order valence-corrected chi connectivity index (χ0v) is 11.8. The van der Waals surface area contributed by atoms with Crippen molar-refractivity contribution < 1.29 is 9.13 Å². The zero-order valence-electron chi connectivity index (χ0n) is 11.0. The molecule has 0 unspecified atom stereocenters. The Morgan fingerprint density at radius 2 is 2.06 bits per heavy atom. The van der Waals surface area contributed by atoms with Crippen LogP contribution in [0.5, 0.6) is 5.75 Å². The predicted octanol–water partition coefficient (Wildman–Crippen LogP) is 3.85. The number of benzene rings is 1. The summed E-state index contributed by atoms with van der Waals surface area (Å²) in [6.07, 6.45) is 0. The molecule has 0 aromatic heterocycles. The predicted molar refractivity (Wildman–Crippen MR) is 73.5 cm³/mol. The highest BCUT2D eigenvalue weighted by Crippen LogP contribution is 2.18. The smallest absolute Gasteiger partial charge is 0.127 e. The molecule has 100 valence electrons. The van der Waals surface area contributed by atoms with Crippen molar-refractivity contribution in [1.29, 1.82) is 0 Å². The molecule has 0 amide bonds. The van der Waals surface area contributed by atoms with Gasteiger partial charge in [0.15, 0.2) is 0 Å². The van der Waals surface area contributed by atoms with Gasteiger partial charge in [-0.15, -0.1) is 0 Å². The number of hydrogen-bond acceptors (Lipinski definition) is 2. The first-order valence-corrected chi connectivity index (χ1v) is 6.14. The number of rotatable bonds is 5. The Balaban J connectivity index is 2.71. The summed E-state index contributed by atoms with van der Waals surface area (Å²) in [7, 11) is 0. The Morgan fingerprint density at radius 3 is 2.61 bits per heavy atom. The molecule has 0 aliphatic rings. The minimum Gasteiger partial charge on any atom is -0.488 e. The Hall–Kier alpha value is -1.06. The van der Waals surface area contributed by atoms with Crippen LogP contribution >= 0.6 is 11.6 Å². The molecule has 1 rings (SSSR count). The molecule has 0 aliphatic carbocycles. The molecule has 0 bridgehead atoms. The molecule has 1 aromatic carbocycles. The normalized spacial score (nSPS) is 11.4. The lowest BCUT2D eigenvalue weighted by Gasteiger charge is -2.20. The molecule has 18 heavy (non-hydrogen) atoms. The summed E-state index contributed by atoms with van der Waals surface area (Å²) in [6, 6.07) is 4.61. The van der Waals surface area contributed by atoms with Crippen molar-refractivity contribution >= 4 is 11.6 Å². The maximum Gasteiger partial charge on any atom is 0.127 e. The molecule has 0 atom stereocenters. The van der Waals surface area contributed by atoms with Crippen LogP contribution in [-0.2, 0) is 6.54 Å². The number of hydrogen-bond donors (Lipinski definition) is 1. The summed E-state index contributed by atoms with van der Waals surface area (Å²) in [5.74, 6) is 0.140. The summed E-state index contributed by atoms with van der Waals surface area (Å²) in [5, 5.41) is 3.67. The second-order valence-electron chi connectivity index (χ2n) is 5.20. The van der Waals surface area contributed by atoms with E-state index in [1.165, 1.54) is 12.1 Å². The van der Waals surface area contributed by atoms with E-state index < -0.39 is 0 Å². The van der Waals surface area contributed by atoms with Crippen LogP contribution in [0, 0.1) is 5.82 Å². The van der Waals surface area contributed by atoms with Gasteiger partial charge in [-0.25, -0.2) is 4.39 Å². The van der Waals surface area contributed by atoms with E-state index in [-0.39, 0.29) is 18.0 Å². The van der Waals surface area contributed by atoms with Crippen molar-refractivity contribution in [2.75, 3.05) is 6.61 Å². The van der Waals surface area contributed by atoms with Gasteiger partial charge in [-0.05, 0) is 38.5 Å². The molecule has 0 aliphatic heterocycles. The van der Waals surface area contributed by atoms with Gasteiger partial charge in [-0.3, -0.25) is 0 Å². The summed E-state index contributed by atoms with van der Waals surface area (Å²) in [4.78, 5) is 0. The van der Waals surface area contributed by atoms with Crippen molar-refractivity contribution in [3.8, 4) is 5.75 Å². The largest absolute Gasteiger partial charge is 0.488 e. The van der Waals surface area contributed by atoms with Crippen molar-refractivity contribution in [2.24, 2.45) is 0 Å². The minimum atomic E-state index is -0.321. The first-order valence-electron chi connectivity index (χ1n) is 5.77. The second-order valence-corrected chi connectivity index (χ2v) is 5.74. The highest BCUT2D eigenvalue weighted by Gasteiger charge is 2.09. The molecular weight excluding hydrogens is 253 g/mol. The lowest BCUT2D eigenvalue weighted by atomic mass is 10.1. The topological polar surface area (TPSA) is 21.3 Å². The lowest BCUT2D eigenvalue weighted by molar-refractivity contribution is 0.356. The van der Waals surface area contributed by atoms with Gasteiger partial charge in [0, 0.05) is 23.2 Å². The van der Waals surface area contributed by atoms with Gasteiger partial charge in [0.25, 0.3) is 0 Å². The Morgan fingerprint density at radius 1 is 1.39 bits per heavy atom. The summed E-state index contributed by atoms with van der Waals surface area (Å²) in [5.41, 5.74) is 0.817. The lowest BCUT2D eigenvalue weighted by Crippen LogP contribution is -2.35. The maximum atomic E-state index is 13.4. The first kappa shape index (κ1) is 15.0. The van der Waals surface area contributed by atoms with Gasteiger partial charge in [0.1, 0.15) is 18.2 Å². The summed E-state index contributed by atoms with van der Waals surface area (Å²) < 4.78 is 18.7.